The van der Waals surface area contributed by atoms with Crippen molar-refractivity contribution in [1.29, 1.82) is 0 Å². The summed E-state index contributed by atoms with van der Waals surface area (Å²) in [6.07, 6.45) is 7.58. The van der Waals surface area contributed by atoms with Gasteiger partial charge in [-0.1, -0.05) is 25.0 Å². The van der Waals surface area contributed by atoms with Crippen LogP contribution in [0.15, 0.2) is 42.6 Å². The number of amides is 1. The third kappa shape index (κ3) is 7.23. The molecule has 0 radical (unpaired) electrons. The largest absolute Gasteiger partial charge is 0.496 e. The Labute approximate surface area is 236 Å². The number of esters is 2. The van der Waals surface area contributed by atoms with Gasteiger partial charge in [0, 0.05) is 41.2 Å². The molecule has 0 bridgehead atoms. The van der Waals surface area contributed by atoms with Crippen molar-refractivity contribution < 1.29 is 28.6 Å². The molecule has 0 aliphatic heterocycles. The maximum Gasteiger partial charge on any atom is 0.338 e. The van der Waals surface area contributed by atoms with Crippen LogP contribution >= 0.6 is 0 Å². The molecule has 1 aromatic heterocycles. The highest BCUT2D eigenvalue weighted by molar-refractivity contribution is 5.99. The molecule has 1 saturated carbocycles. The van der Waals surface area contributed by atoms with Gasteiger partial charge in [-0.15, -0.1) is 0 Å². The SMILES string of the molecule is COC(=O)CCc1cn(Cc2ccc(C(=O)OC(C)(C)C)cc2OC)c2cc(C(=O)NCC3CCCC3)ccc12. The second kappa shape index (κ2) is 12.6. The fourth-order valence-electron chi connectivity index (χ4n) is 5.25. The molecule has 8 nitrogen and oxygen atoms in total. The van der Waals surface area contributed by atoms with Gasteiger partial charge in [0.15, 0.2) is 0 Å². The van der Waals surface area contributed by atoms with E-state index in [1.807, 2.05) is 51.2 Å². The Kier molecular flexibility index (Phi) is 9.17. The van der Waals surface area contributed by atoms with Gasteiger partial charge in [0.2, 0.25) is 0 Å². The van der Waals surface area contributed by atoms with Crippen molar-refractivity contribution >= 4 is 28.7 Å². The molecule has 1 N–H and O–H groups in total. The Morgan fingerprint density at radius 1 is 0.975 bits per heavy atom. The van der Waals surface area contributed by atoms with E-state index in [2.05, 4.69) is 9.88 Å². The molecule has 0 unspecified atom stereocenters. The molecule has 4 rings (SSSR count). The van der Waals surface area contributed by atoms with E-state index in [4.69, 9.17) is 14.2 Å². The summed E-state index contributed by atoms with van der Waals surface area (Å²) in [4.78, 5) is 37.5. The predicted octanol–water partition coefficient (Wildman–Crippen LogP) is 5.68. The molecular formula is C32H40N2O6. The minimum absolute atomic E-state index is 0.0862. The van der Waals surface area contributed by atoms with Crippen LogP contribution in [0.1, 0.15) is 84.7 Å². The molecule has 1 amide bonds. The number of fused-ring (bicyclic) bond motifs is 1. The number of methoxy groups -OCH3 is 2. The zero-order chi connectivity index (χ0) is 28.9. The van der Waals surface area contributed by atoms with Crippen LogP contribution in [-0.2, 0) is 27.2 Å². The number of hydrogen-bond acceptors (Lipinski definition) is 6. The van der Waals surface area contributed by atoms with Gasteiger partial charge in [0.25, 0.3) is 5.91 Å². The summed E-state index contributed by atoms with van der Waals surface area (Å²) in [5.41, 5.74) is 3.13. The second-order valence-corrected chi connectivity index (χ2v) is 11.5. The minimum atomic E-state index is -0.602. The van der Waals surface area contributed by atoms with Gasteiger partial charge in [-0.25, -0.2) is 4.79 Å². The van der Waals surface area contributed by atoms with E-state index < -0.39 is 11.6 Å². The van der Waals surface area contributed by atoms with Crippen LogP contribution in [0.3, 0.4) is 0 Å². The van der Waals surface area contributed by atoms with Crippen molar-refractivity contribution in [2.45, 2.75) is 71.4 Å². The van der Waals surface area contributed by atoms with E-state index in [1.54, 1.807) is 19.2 Å². The molecule has 8 heteroatoms. The summed E-state index contributed by atoms with van der Waals surface area (Å²) in [6.45, 7) is 6.63. The Hall–Kier alpha value is -3.81. The molecule has 1 aliphatic rings. The smallest absolute Gasteiger partial charge is 0.338 e. The van der Waals surface area contributed by atoms with Crippen molar-refractivity contribution in [2.24, 2.45) is 5.92 Å². The molecule has 0 saturated heterocycles. The van der Waals surface area contributed by atoms with Crippen LogP contribution < -0.4 is 10.1 Å². The quantitative estimate of drug-likeness (QED) is 0.328. The number of carbonyl (C=O) groups is 3. The van der Waals surface area contributed by atoms with Crippen LogP contribution in [-0.4, -0.2) is 48.8 Å². The van der Waals surface area contributed by atoms with Crippen LogP contribution in [0.5, 0.6) is 5.75 Å². The topological polar surface area (TPSA) is 95.9 Å². The maximum atomic E-state index is 13.0. The summed E-state index contributed by atoms with van der Waals surface area (Å²) in [7, 11) is 2.95. The lowest BCUT2D eigenvalue weighted by atomic mass is 10.1. The van der Waals surface area contributed by atoms with Crippen LogP contribution in [0.25, 0.3) is 10.9 Å². The van der Waals surface area contributed by atoms with Gasteiger partial charge < -0.3 is 24.1 Å². The monoisotopic (exact) mass is 548 g/mol. The Balaban J connectivity index is 1.64. The van der Waals surface area contributed by atoms with Crippen molar-refractivity contribution in [1.82, 2.24) is 9.88 Å². The first-order valence-corrected chi connectivity index (χ1v) is 13.9. The molecule has 0 spiro atoms. The molecular weight excluding hydrogens is 508 g/mol. The fourth-order valence-corrected chi connectivity index (χ4v) is 5.25. The van der Waals surface area contributed by atoms with Crippen molar-refractivity contribution in [3.05, 3.63) is 64.8 Å². The molecule has 40 heavy (non-hydrogen) atoms. The number of nitrogens with one attached hydrogen (secondary N) is 1. The number of ether oxygens (including phenoxy) is 3. The first kappa shape index (κ1) is 29.2. The Morgan fingerprint density at radius 2 is 1.70 bits per heavy atom. The summed E-state index contributed by atoms with van der Waals surface area (Å²) >= 11 is 0. The molecule has 1 fully saturated rings. The van der Waals surface area contributed by atoms with Crippen LogP contribution in [0.4, 0.5) is 0 Å². The summed E-state index contributed by atoms with van der Waals surface area (Å²) in [6, 6.07) is 11.0. The molecule has 1 heterocycles. The van der Waals surface area contributed by atoms with E-state index in [-0.39, 0.29) is 18.3 Å². The highest BCUT2D eigenvalue weighted by Crippen LogP contribution is 2.29. The van der Waals surface area contributed by atoms with Crippen molar-refractivity contribution in [2.75, 3.05) is 20.8 Å². The van der Waals surface area contributed by atoms with E-state index in [9.17, 15) is 14.4 Å². The Morgan fingerprint density at radius 3 is 2.38 bits per heavy atom. The average Bonchev–Trinajstić information content (AvgIpc) is 3.57. The summed E-state index contributed by atoms with van der Waals surface area (Å²) < 4.78 is 18.1. The summed E-state index contributed by atoms with van der Waals surface area (Å²) in [5.74, 6) is 0.339. The Bertz CT molecular complexity index is 1380. The van der Waals surface area contributed by atoms with Gasteiger partial charge in [-0.2, -0.15) is 0 Å². The van der Waals surface area contributed by atoms with Gasteiger partial charge in [0.05, 0.1) is 26.3 Å². The lowest BCUT2D eigenvalue weighted by molar-refractivity contribution is -0.140. The minimum Gasteiger partial charge on any atom is -0.496 e. The number of aromatic nitrogens is 1. The number of hydrogen-bond donors (Lipinski definition) is 1. The van der Waals surface area contributed by atoms with Gasteiger partial charge in [-0.3, -0.25) is 9.59 Å². The number of aryl methyl sites for hydroxylation is 1. The third-order valence-corrected chi connectivity index (χ3v) is 7.34. The van der Waals surface area contributed by atoms with Crippen LogP contribution in [0, 0.1) is 5.92 Å². The standard InChI is InChI=1S/C32H40N2O6/c1-32(2,3)40-31(37)23-10-11-25(28(17-23)38-4)20-34-19-24(13-15-29(35)39-5)26-14-12-22(16-27(26)34)30(36)33-18-21-8-6-7-9-21/h10-12,14,16-17,19,21H,6-9,13,15,18,20H2,1-5H3,(H,33,36). The molecule has 0 atom stereocenters. The first-order valence-electron chi connectivity index (χ1n) is 13.9. The molecule has 214 valence electrons. The van der Waals surface area contributed by atoms with Crippen molar-refractivity contribution in [3.63, 3.8) is 0 Å². The molecule has 1 aliphatic carbocycles. The van der Waals surface area contributed by atoms with Crippen LogP contribution in [0.2, 0.25) is 0 Å². The first-order chi connectivity index (χ1) is 19.1. The summed E-state index contributed by atoms with van der Waals surface area (Å²) in [5, 5.41) is 4.08. The van der Waals surface area contributed by atoms with E-state index >= 15 is 0 Å². The van der Waals surface area contributed by atoms with Crippen molar-refractivity contribution in [3.8, 4) is 5.75 Å². The lowest BCUT2D eigenvalue weighted by Crippen LogP contribution is -2.28. The number of carbonyl (C=O) groups excluding carboxylic acids is 3. The number of rotatable bonds is 10. The van der Waals surface area contributed by atoms with Gasteiger partial charge >= 0.3 is 11.9 Å². The average molecular weight is 549 g/mol. The lowest BCUT2D eigenvalue weighted by Gasteiger charge is -2.20. The molecule has 2 aromatic carbocycles. The molecule has 3 aromatic rings. The predicted molar refractivity (Wildman–Crippen MR) is 154 cm³/mol. The second-order valence-electron chi connectivity index (χ2n) is 11.5. The number of benzene rings is 2. The normalized spacial score (nSPS) is 13.8. The van der Waals surface area contributed by atoms with Gasteiger partial charge in [-0.05, 0) is 75.8 Å². The maximum absolute atomic E-state index is 13.0. The number of nitrogens with zero attached hydrogens (tertiary/aromatic N) is 1. The van der Waals surface area contributed by atoms with E-state index in [0.717, 1.165) is 22.0 Å². The van der Waals surface area contributed by atoms with Gasteiger partial charge in [0.1, 0.15) is 11.4 Å². The zero-order valence-electron chi connectivity index (χ0n) is 24.2. The highest BCUT2D eigenvalue weighted by atomic mass is 16.6. The third-order valence-electron chi connectivity index (χ3n) is 7.34. The zero-order valence-corrected chi connectivity index (χ0v) is 24.2. The van der Waals surface area contributed by atoms with E-state index in [1.165, 1.54) is 32.8 Å². The van der Waals surface area contributed by atoms with E-state index in [0.29, 0.717) is 42.3 Å². The fraction of sp³-hybridized carbons (Fsp3) is 0.469. The highest BCUT2D eigenvalue weighted by Gasteiger charge is 2.21.